The molecule has 1 saturated heterocycles. The third-order valence-corrected chi connectivity index (χ3v) is 5.47. The van der Waals surface area contributed by atoms with E-state index in [-0.39, 0.29) is 24.1 Å². The fraction of sp³-hybridized carbons (Fsp3) is 0.318. The minimum Gasteiger partial charge on any atom is -0.482 e. The monoisotopic (exact) mass is 398 g/mol. The summed E-state index contributed by atoms with van der Waals surface area (Å²) in [6.07, 6.45) is 3.42. The molecule has 2 unspecified atom stereocenters. The van der Waals surface area contributed by atoms with Gasteiger partial charge < -0.3 is 18.6 Å². The molecule has 1 aliphatic heterocycles. The Morgan fingerprint density at radius 2 is 2.00 bits per heavy atom. The average Bonchev–Trinajstić information content (AvgIpc) is 3.27. The Morgan fingerprint density at radius 3 is 2.75 bits per heavy atom. The van der Waals surface area contributed by atoms with Gasteiger partial charge >= 0.3 is 0 Å². The SMILES string of the molecule is O=c1ccoc(C(OC2CCCCO2)c2cccs2)c1OCc1ccccc1. The van der Waals surface area contributed by atoms with E-state index in [1.165, 1.54) is 12.3 Å². The van der Waals surface area contributed by atoms with Crippen molar-refractivity contribution in [1.82, 2.24) is 0 Å². The molecule has 0 N–H and O–H groups in total. The van der Waals surface area contributed by atoms with E-state index >= 15 is 0 Å². The third kappa shape index (κ3) is 4.52. The van der Waals surface area contributed by atoms with Crippen molar-refractivity contribution >= 4 is 11.3 Å². The van der Waals surface area contributed by atoms with Crippen molar-refractivity contribution in [2.75, 3.05) is 6.61 Å². The third-order valence-electron chi connectivity index (χ3n) is 4.55. The maximum Gasteiger partial charge on any atom is 0.227 e. The van der Waals surface area contributed by atoms with Crippen molar-refractivity contribution in [1.29, 1.82) is 0 Å². The molecule has 3 aromatic rings. The molecule has 3 heterocycles. The predicted molar refractivity (Wildman–Crippen MR) is 107 cm³/mol. The second-order valence-corrected chi connectivity index (χ2v) is 7.56. The van der Waals surface area contributed by atoms with Gasteiger partial charge in [0.1, 0.15) is 6.61 Å². The van der Waals surface area contributed by atoms with Gasteiger partial charge in [-0.05, 0) is 36.3 Å². The molecule has 0 saturated carbocycles. The second-order valence-electron chi connectivity index (χ2n) is 6.58. The van der Waals surface area contributed by atoms with Gasteiger partial charge in [0.05, 0.1) is 6.26 Å². The van der Waals surface area contributed by atoms with Gasteiger partial charge in [0.25, 0.3) is 0 Å². The van der Waals surface area contributed by atoms with Gasteiger partial charge in [-0.3, -0.25) is 4.79 Å². The normalized spacial score (nSPS) is 17.9. The lowest BCUT2D eigenvalue weighted by atomic mass is 10.1. The van der Waals surface area contributed by atoms with Crippen molar-refractivity contribution in [3.05, 3.63) is 86.6 Å². The van der Waals surface area contributed by atoms with Crippen LogP contribution in [0.3, 0.4) is 0 Å². The first-order valence-corrected chi connectivity index (χ1v) is 10.3. The van der Waals surface area contributed by atoms with Crippen LogP contribution in [0.4, 0.5) is 0 Å². The molecule has 6 heteroatoms. The minimum atomic E-state index is -0.553. The van der Waals surface area contributed by atoms with E-state index in [2.05, 4.69) is 0 Å². The summed E-state index contributed by atoms with van der Waals surface area (Å²) < 4.78 is 23.7. The predicted octanol–water partition coefficient (Wildman–Crippen LogP) is 4.91. The first-order valence-electron chi connectivity index (χ1n) is 9.40. The lowest BCUT2D eigenvalue weighted by Crippen LogP contribution is -2.25. The van der Waals surface area contributed by atoms with Crippen LogP contribution >= 0.6 is 11.3 Å². The van der Waals surface area contributed by atoms with Crippen molar-refractivity contribution in [3.63, 3.8) is 0 Å². The number of thiophene rings is 1. The lowest BCUT2D eigenvalue weighted by molar-refractivity contribution is -0.184. The van der Waals surface area contributed by atoms with Crippen LogP contribution in [0.5, 0.6) is 5.75 Å². The van der Waals surface area contributed by atoms with Crippen LogP contribution in [0.25, 0.3) is 0 Å². The van der Waals surface area contributed by atoms with Gasteiger partial charge in [-0.2, -0.15) is 0 Å². The molecule has 4 rings (SSSR count). The summed E-state index contributed by atoms with van der Waals surface area (Å²) in [4.78, 5) is 13.5. The molecular formula is C22H22O5S. The molecular weight excluding hydrogens is 376 g/mol. The zero-order chi connectivity index (χ0) is 19.2. The van der Waals surface area contributed by atoms with Gasteiger partial charge in [0, 0.05) is 17.6 Å². The number of rotatable bonds is 7. The summed E-state index contributed by atoms with van der Waals surface area (Å²) in [7, 11) is 0. The van der Waals surface area contributed by atoms with Crippen LogP contribution in [-0.4, -0.2) is 12.9 Å². The number of benzene rings is 1. The molecule has 28 heavy (non-hydrogen) atoms. The molecule has 146 valence electrons. The van der Waals surface area contributed by atoms with E-state index in [0.717, 1.165) is 29.7 Å². The molecule has 2 atom stereocenters. The van der Waals surface area contributed by atoms with Crippen LogP contribution in [0.1, 0.15) is 41.6 Å². The van der Waals surface area contributed by atoms with E-state index in [1.807, 2.05) is 47.8 Å². The topological polar surface area (TPSA) is 57.9 Å². The van der Waals surface area contributed by atoms with Crippen molar-refractivity contribution in [2.24, 2.45) is 0 Å². The van der Waals surface area contributed by atoms with Crippen LogP contribution in [0.15, 0.2) is 69.4 Å². The number of ether oxygens (including phenoxy) is 3. The Labute approximate surface area is 167 Å². The van der Waals surface area contributed by atoms with Crippen LogP contribution in [0.2, 0.25) is 0 Å². The highest BCUT2D eigenvalue weighted by atomic mass is 32.1. The quantitative estimate of drug-likeness (QED) is 0.566. The molecule has 0 spiro atoms. The molecule has 1 aromatic carbocycles. The molecule has 2 aromatic heterocycles. The van der Waals surface area contributed by atoms with Crippen LogP contribution < -0.4 is 10.2 Å². The van der Waals surface area contributed by atoms with Crippen molar-refractivity contribution in [2.45, 2.75) is 38.3 Å². The summed E-state index contributed by atoms with van der Waals surface area (Å²) in [5.41, 5.74) is 0.743. The summed E-state index contributed by atoms with van der Waals surface area (Å²) in [6.45, 7) is 0.956. The Hall–Kier alpha value is -2.41. The first kappa shape index (κ1) is 18.9. The van der Waals surface area contributed by atoms with Gasteiger partial charge in [-0.15, -0.1) is 11.3 Å². The second kappa shape index (κ2) is 9.19. The Balaban J connectivity index is 1.63. The Morgan fingerprint density at radius 1 is 1.11 bits per heavy atom. The van der Waals surface area contributed by atoms with Crippen LogP contribution in [0, 0.1) is 0 Å². The summed E-state index contributed by atoms with van der Waals surface area (Å²) >= 11 is 1.55. The maximum absolute atomic E-state index is 12.6. The summed E-state index contributed by atoms with van der Waals surface area (Å²) in [5, 5.41) is 1.97. The summed E-state index contributed by atoms with van der Waals surface area (Å²) in [5.74, 6) is 0.556. The zero-order valence-electron chi connectivity index (χ0n) is 15.4. The molecule has 0 radical (unpaired) electrons. The largest absolute Gasteiger partial charge is 0.482 e. The van der Waals surface area contributed by atoms with Gasteiger partial charge in [0.2, 0.25) is 11.2 Å². The number of hydrogen-bond acceptors (Lipinski definition) is 6. The minimum absolute atomic E-state index is 0.181. The van der Waals surface area contributed by atoms with Gasteiger partial charge in [-0.1, -0.05) is 36.4 Å². The van der Waals surface area contributed by atoms with Gasteiger partial charge in [0.15, 0.2) is 18.2 Å². The Bertz CT molecular complexity index is 914. The van der Waals surface area contributed by atoms with E-state index in [1.54, 1.807) is 11.3 Å². The van der Waals surface area contributed by atoms with Crippen molar-refractivity contribution in [3.8, 4) is 5.75 Å². The molecule has 0 amide bonds. The molecule has 5 nitrogen and oxygen atoms in total. The molecule has 0 bridgehead atoms. The highest BCUT2D eigenvalue weighted by Crippen LogP contribution is 2.36. The molecule has 1 aliphatic rings. The summed E-state index contributed by atoms with van der Waals surface area (Å²) in [6, 6.07) is 15.0. The van der Waals surface area contributed by atoms with E-state index < -0.39 is 6.10 Å². The highest BCUT2D eigenvalue weighted by Gasteiger charge is 2.29. The van der Waals surface area contributed by atoms with Gasteiger partial charge in [-0.25, -0.2) is 0 Å². The Kier molecular flexibility index (Phi) is 6.21. The van der Waals surface area contributed by atoms with E-state index in [0.29, 0.717) is 12.4 Å². The number of hydrogen-bond donors (Lipinski definition) is 0. The highest BCUT2D eigenvalue weighted by molar-refractivity contribution is 7.10. The van der Waals surface area contributed by atoms with E-state index in [9.17, 15) is 4.79 Å². The van der Waals surface area contributed by atoms with Crippen molar-refractivity contribution < 1.29 is 18.6 Å². The van der Waals surface area contributed by atoms with E-state index in [4.69, 9.17) is 18.6 Å². The van der Waals surface area contributed by atoms with Crippen LogP contribution in [-0.2, 0) is 16.1 Å². The smallest absolute Gasteiger partial charge is 0.227 e. The molecule has 0 aliphatic carbocycles. The molecule has 1 fully saturated rings. The lowest BCUT2D eigenvalue weighted by Gasteiger charge is -2.27. The maximum atomic E-state index is 12.6. The standard InChI is InChI=1S/C22H22O5S/c23-17-11-13-25-22(20(17)26-15-16-7-2-1-3-8-16)21(18-9-6-14-28-18)27-19-10-4-5-12-24-19/h1-3,6-9,11,13-14,19,21H,4-5,10,12,15H2. The fourth-order valence-electron chi connectivity index (χ4n) is 3.14. The first-order chi connectivity index (χ1) is 13.8. The fourth-order valence-corrected chi connectivity index (χ4v) is 3.90. The average molecular weight is 398 g/mol. The zero-order valence-corrected chi connectivity index (χ0v) is 16.2.